The summed E-state index contributed by atoms with van der Waals surface area (Å²) in [5, 5.41) is 11.1. The normalized spacial score (nSPS) is 20.0. The molecule has 1 aromatic carbocycles. The number of nitrogens with zero attached hydrogens (tertiary/aromatic N) is 4. The maximum atomic E-state index is 13.3. The summed E-state index contributed by atoms with van der Waals surface area (Å²) in [5.41, 5.74) is 1.63. The number of ether oxygens (including phenoxy) is 1. The van der Waals surface area contributed by atoms with Gasteiger partial charge < -0.3 is 14.4 Å². The van der Waals surface area contributed by atoms with E-state index >= 15 is 0 Å². The van der Waals surface area contributed by atoms with E-state index in [-0.39, 0.29) is 22.8 Å². The van der Waals surface area contributed by atoms with Crippen molar-refractivity contribution < 1.29 is 23.1 Å². The number of benzene rings is 1. The first kappa shape index (κ1) is 22.5. The maximum Gasteiger partial charge on any atom is 0.308 e. The van der Waals surface area contributed by atoms with Gasteiger partial charge in [0.25, 0.3) is 10.0 Å². The van der Waals surface area contributed by atoms with Gasteiger partial charge in [-0.1, -0.05) is 18.2 Å². The van der Waals surface area contributed by atoms with Gasteiger partial charge in [0.05, 0.1) is 29.6 Å². The Morgan fingerprint density at radius 1 is 1.15 bits per heavy atom. The first-order chi connectivity index (χ1) is 16.3. The monoisotopic (exact) mass is 482 g/mol. The zero-order valence-electron chi connectivity index (χ0n) is 19.0. The summed E-state index contributed by atoms with van der Waals surface area (Å²) >= 11 is 0. The van der Waals surface area contributed by atoms with Gasteiger partial charge in [0.15, 0.2) is 5.65 Å². The van der Waals surface area contributed by atoms with Crippen molar-refractivity contribution in [2.24, 2.45) is 5.92 Å². The van der Waals surface area contributed by atoms with E-state index in [1.165, 1.54) is 17.3 Å². The SMILES string of the molecule is COC(=O)C1CCC(n2c([C@@H](C)O)nc3cnc4c(ccn4S(=O)(=O)c4ccccc4)c32)CC1. The predicted molar refractivity (Wildman–Crippen MR) is 126 cm³/mol. The number of rotatable bonds is 5. The van der Waals surface area contributed by atoms with Gasteiger partial charge in [-0.05, 0) is 50.8 Å². The molecule has 0 bridgehead atoms. The fourth-order valence-electron chi connectivity index (χ4n) is 4.97. The van der Waals surface area contributed by atoms with E-state index in [2.05, 4.69) is 9.97 Å². The smallest absolute Gasteiger partial charge is 0.308 e. The van der Waals surface area contributed by atoms with E-state index in [4.69, 9.17) is 4.74 Å². The second kappa shape index (κ2) is 8.52. The van der Waals surface area contributed by atoms with Crippen LogP contribution >= 0.6 is 0 Å². The molecule has 1 fully saturated rings. The number of hydrogen-bond donors (Lipinski definition) is 1. The standard InChI is InChI=1S/C24H26N4O5S/c1-15(29)22-26-20-14-25-23-19(12-13-27(23)34(31,32)18-6-4-3-5-7-18)21(20)28(22)17-10-8-16(9-11-17)24(30)33-2/h3-7,12-17,29H,8-11H2,1-2H3/t15-,16?,17?/m1/s1. The molecule has 0 saturated heterocycles. The quantitative estimate of drug-likeness (QED) is 0.432. The van der Waals surface area contributed by atoms with Gasteiger partial charge in [0.2, 0.25) is 0 Å². The molecule has 1 N–H and O–H groups in total. The highest BCUT2D eigenvalue weighted by Crippen LogP contribution is 2.39. The second-order valence-corrected chi connectivity index (χ2v) is 10.5. The summed E-state index contributed by atoms with van der Waals surface area (Å²) in [5.74, 6) is 0.175. The van der Waals surface area contributed by atoms with Crippen LogP contribution in [0.4, 0.5) is 0 Å². The first-order valence-electron chi connectivity index (χ1n) is 11.3. The van der Waals surface area contributed by atoms with E-state index in [0.717, 1.165) is 18.4 Å². The molecular weight excluding hydrogens is 456 g/mol. The Balaban J connectivity index is 1.65. The van der Waals surface area contributed by atoms with E-state index in [1.807, 2.05) is 4.57 Å². The largest absolute Gasteiger partial charge is 0.469 e. The molecule has 0 unspecified atom stereocenters. The third-order valence-electron chi connectivity index (χ3n) is 6.63. The average Bonchev–Trinajstić information content (AvgIpc) is 3.46. The molecule has 3 aromatic heterocycles. The zero-order chi connectivity index (χ0) is 24.0. The van der Waals surface area contributed by atoms with Crippen molar-refractivity contribution in [2.75, 3.05) is 7.11 Å². The van der Waals surface area contributed by atoms with Crippen molar-refractivity contribution in [1.82, 2.24) is 18.5 Å². The Kier molecular flexibility index (Phi) is 5.65. The van der Waals surface area contributed by atoms with Gasteiger partial charge in [-0.15, -0.1) is 0 Å². The molecule has 1 atom stereocenters. The fourth-order valence-corrected chi connectivity index (χ4v) is 6.29. The molecule has 34 heavy (non-hydrogen) atoms. The van der Waals surface area contributed by atoms with Crippen LogP contribution in [0.5, 0.6) is 0 Å². The van der Waals surface area contributed by atoms with E-state index in [0.29, 0.717) is 35.2 Å². The maximum absolute atomic E-state index is 13.3. The summed E-state index contributed by atoms with van der Waals surface area (Å²) in [4.78, 5) is 21.2. The molecule has 1 aliphatic carbocycles. The van der Waals surface area contributed by atoms with Crippen LogP contribution in [0.3, 0.4) is 0 Å². The van der Waals surface area contributed by atoms with Crippen LogP contribution in [0.2, 0.25) is 0 Å². The molecule has 3 heterocycles. The van der Waals surface area contributed by atoms with Gasteiger partial charge in [-0.3, -0.25) is 4.79 Å². The first-order valence-corrected chi connectivity index (χ1v) is 12.7. The van der Waals surface area contributed by atoms with Gasteiger partial charge >= 0.3 is 5.97 Å². The average molecular weight is 483 g/mol. The number of imidazole rings is 1. The van der Waals surface area contributed by atoms with Crippen LogP contribution in [0.15, 0.2) is 53.7 Å². The molecule has 178 valence electrons. The number of aromatic nitrogens is 4. The molecule has 10 heteroatoms. The molecule has 0 radical (unpaired) electrons. The van der Waals surface area contributed by atoms with Crippen LogP contribution < -0.4 is 0 Å². The number of methoxy groups -OCH3 is 1. The number of aliphatic hydroxyl groups excluding tert-OH is 1. The van der Waals surface area contributed by atoms with Crippen LogP contribution in [-0.2, 0) is 19.6 Å². The lowest BCUT2D eigenvalue weighted by Crippen LogP contribution is -2.25. The number of carbonyl (C=O) groups excluding carboxylic acids is 1. The van der Waals surface area contributed by atoms with Crippen LogP contribution in [0.1, 0.15) is 50.6 Å². The number of aliphatic hydroxyl groups is 1. The molecular formula is C24H26N4O5S. The Morgan fingerprint density at radius 2 is 1.85 bits per heavy atom. The fraction of sp³-hybridized carbons (Fsp3) is 0.375. The third-order valence-corrected chi connectivity index (χ3v) is 8.31. The molecule has 5 rings (SSSR count). The minimum absolute atomic E-state index is 0.00943. The number of esters is 1. The second-order valence-electron chi connectivity index (χ2n) is 8.70. The topological polar surface area (TPSA) is 116 Å². The highest BCUT2D eigenvalue weighted by molar-refractivity contribution is 7.90. The highest BCUT2D eigenvalue weighted by atomic mass is 32.2. The van der Waals surface area contributed by atoms with Gasteiger partial charge in [0.1, 0.15) is 17.4 Å². The summed E-state index contributed by atoms with van der Waals surface area (Å²) < 4.78 is 34.7. The van der Waals surface area contributed by atoms with Crippen molar-refractivity contribution in [3.05, 3.63) is 54.6 Å². The molecule has 0 spiro atoms. The van der Waals surface area contributed by atoms with Gasteiger partial charge in [-0.25, -0.2) is 22.4 Å². The lowest BCUT2D eigenvalue weighted by molar-refractivity contribution is -0.146. The number of hydrogen-bond acceptors (Lipinski definition) is 7. The van der Waals surface area contributed by atoms with Crippen LogP contribution in [0, 0.1) is 5.92 Å². The van der Waals surface area contributed by atoms with Gasteiger partial charge in [-0.2, -0.15) is 0 Å². The zero-order valence-corrected chi connectivity index (χ0v) is 19.8. The molecule has 1 aliphatic rings. The Labute approximate surface area is 197 Å². The number of fused-ring (bicyclic) bond motifs is 3. The summed E-state index contributed by atoms with van der Waals surface area (Å²) in [7, 11) is -2.43. The summed E-state index contributed by atoms with van der Waals surface area (Å²) in [6, 6.07) is 9.96. The van der Waals surface area contributed by atoms with E-state index in [9.17, 15) is 18.3 Å². The van der Waals surface area contributed by atoms with Crippen LogP contribution in [0.25, 0.3) is 22.1 Å². The predicted octanol–water partition coefficient (Wildman–Crippen LogP) is 3.58. The molecule has 1 saturated carbocycles. The van der Waals surface area contributed by atoms with Crippen molar-refractivity contribution in [3.8, 4) is 0 Å². The minimum Gasteiger partial charge on any atom is -0.469 e. The highest BCUT2D eigenvalue weighted by Gasteiger charge is 2.32. The minimum atomic E-state index is -3.83. The molecule has 9 nitrogen and oxygen atoms in total. The van der Waals surface area contributed by atoms with E-state index in [1.54, 1.807) is 49.5 Å². The summed E-state index contributed by atoms with van der Waals surface area (Å²) in [6.45, 7) is 1.66. The molecule has 0 aliphatic heterocycles. The molecule has 0 amide bonds. The third kappa shape index (κ3) is 3.57. The molecule has 4 aromatic rings. The van der Waals surface area contributed by atoms with E-state index < -0.39 is 16.1 Å². The van der Waals surface area contributed by atoms with Crippen molar-refractivity contribution >= 4 is 38.1 Å². The van der Waals surface area contributed by atoms with Gasteiger partial charge in [0, 0.05) is 17.6 Å². The lowest BCUT2D eigenvalue weighted by atomic mass is 9.85. The Morgan fingerprint density at radius 3 is 2.50 bits per heavy atom. The van der Waals surface area contributed by atoms with Crippen molar-refractivity contribution in [2.45, 2.75) is 49.6 Å². The van der Waals surface area contributed by atoms with Crippen LogP contribution in [-0.4, -0.2) is 45.1 Å². The summed E-state index contributed by atoms with van der Waals surface area (Å²) in [6.07, 6.45) is 5.03. The Bertz CT molecular complexity index is 1470. The van der Waals surface area contributed by atoms with Crippen molar-refractivity contribution in [1.29, 1.82) is 0 Å². The lowest BCUT2D eigenvalue weighted by Gasteiger charge is -2.30. The number of pyridine rings is 1. The number of carbonyl (C=O) groups is 1. The van der Waals surface area contributed by atoms with Crippen molar-refractivity contribution in [3.63, 3.8) is 0 Å². The Hall–Kier alpha value is -3.24.